The first-order chi connectivity index (χ1) is 14.8. The molecule has 0 aliphatic rings. The molecule has 6 nitrogen and oxygen atoms in total. The maximum Gasteiger partial charge on any atom is 0.325 e. The zero-order valence-electron chi connectivity index (χ0n) is 17.5. The summed E-state index contributed by atoms with van der Waals surface area (Å²) in [4.78, 5) is 24.9. The summed E-state index contributed by atoms with van der Waals surface area (Å²) in [7, 11) is 0. The van der Waals surface area contributed by atoms with Gasteiger partial charge < -0.3 is 14.6 Å². The number of para-hydroxylation sites is 1. The molecule has 3 rings (SSSR count). The SMILES string of the molecule is CCOC(=O)Cn1c(C)c(/C=C(\C#N)C(=O)Nc2ccc(Cl)cc2C)c2ccccc21. The summed E-state index contributed by atoms with van der Waals surface area (Å²) in [6, 6.07) is 14.6. The molecule has 1 aromatic heterocycles. The number of anilines is 1. The minimum atomic E-state index is -0.519. The number of nitriles is 1. The average Bonchev–Trinajstić information content (AvgIpc) is 2.99. The van der Waals surface area contributed by atoms with E-state index in [1.165, 1.54) is 0 Å². The van der Waals surface area contributed by atoms with Crippen LogP contribution in [0.2, 0.25) is 5.02 Å². The number of esters is 1. The number of ether oxygens (including phenoxy) is 1. The average molecular weight is 436 g/mol. The van der Waals surface area contributed by atoms with E-state index in [-0.39, 0.29) is 18.1 Å². The van der Waals surface area contributed by atoms with Crippen LogP contribution in [0.25, 0.3) is 17.0 Å². The number of nitrogens with one attached hydrogen (secondary N) is 1. The van der Waals surface area contributed by atoms with Gasteiger partial charge in [0, 0.05) is 32.9 Å². The van der Waals surface area contributed by atoms with E-state index in [4.69, 9.17) is 16.3 Å². The summed E-state index contributed by atoms with van der Waals surface area (Å²) in [6.07, 6.45) is 1.56. The monoisotopic (exact) mass is 435 g/mol. The van der Waals surface area contributed by atoms with E-state index in [0.29, 0.717) is 22.9 Å². The number of rotatable bonds is 6. The Kier molecular flexibility index (Phi) is 6.78. The summed E-state index contributed by atoms with van der Waals surface area (Å²) in [6.45, 7) is 5.78. The maximum atomic E-state index is 12.8. The third kappa shape index (κ3) is 4.79. The number of benzene rings is 2. The maximum absolute atomic E-state index is 12.8. The summed E-state index contributed by atoms with van der Waals surface area (Å²) < 4.78 is 6.91. The van der Waals surface area contributed by atoms with Crippen LogP contribution in [0.5, 0.6) is 0 Å². The van der Waals surface area contributed by atoms with Gasteiger partial charge in [0.1, 0.15) is 18.2 Å². The van der Waals surface area contributed by atoms with Gasteiger partial charge in [-0.05, 0) is 56.7 Å². The van der Waals surface area contributed by atoms with Crippen LogP contribution in [0.4, 0.5) is 5.69 Å². The predicted octanol–water partition coefficient (Wildman–Crippen LogP) is 5.02. The van der Waals surface area contributed by atoms with Crippen molar-refractivity contribution >= 4 is 46.1 Å². The fourth-order valence-corrected chi connectivity index (χ4v) is 3.66. The lowest BCUT2D eigenvalue weighted by Gasteiger charge is -2.09. The van der Waals surface area contributed by atoms with Crippen molar-refractivity contribution in [1.82, 2.24) is 4.57 Å². The van der Waals surface area contributed by atoms with Gasteiger partial charge in [-0.15, -0.1) is 0 Å². The molecule has 1 amide bonds. The number of aromatic nitrogens is 1. The molecule has 0 fully saturated rings. The van der Waals surface area contributed by atoms with E-state index in [1.54, 1.807) is 31.2 Å². The molecule has 3 aromatic rings. The van der Waals surface area contributed by atoms with Crippen molar-refractivity contribution in [2.75, 3.05) is 11.9 Å². The molecule has 1 N–H and O–H groups in total. The molecule has 0 spiro atoms. The van der Waals surface area contributed by atoms with Crippen LogP contribution in [-0.4, -0.2) is 23.1 Å². The molecule has 0 aliphatic heterocycles. The standard InChI is InChI=1S/C24H22ClN3O3/c1-4-31-23(29)14-28-16(3)20(19-7-5-6-8-22(19)28)12-17(13-26)24(30)27-21-10-9-18(25)11-15(21)2/h5-12H,4,14H2,1-3H3,(H,27,30)/b17-12+. The first-order valence-electron chi connectivity index (χ1n) is 9.78. The van der Waals surface area contributed by atoms with E-state index >= 15 is 0 Å². The summed E-state index contributed by atoms with van der Waals surface area (Å²) in [5.74, 6) is -0.868. The molecule has 2 aromatic carbocycles. The van der Waals surface area contributed by atoms with Gasteiger partial charge >= 0.3 is 5.97 Å². The number of hydrogen-bond donors (Lipinski definition) is 1. The molecule has 0 radical (unpaired) electrons. The molecule has 0 saturated heterocycles. The van der Waals surface area contributed by atoms with E-state index in [9.17, 15) is 14.9 Å². The van der Waals surface area contributed by atoms with Gasteiger partial charge in [-0.3, -0.25) is 9.59 Å². The van der Waals surface area contributed by atoms with Gasteiger partial charge in [0.05, 0.1) is 6.61 Å². The lowest BCUT2D eigenvalue weighted by molar-refractivity contribution is -0.143. The zero-order valence-corrected chi connectivity index (χ0v) is 18.3. The number of halogens is 1. The van der Waals surface area contributed by atoms with Crippen molar-refractivity contribution in [1.29, 1.82) is 5.26 Å². The van der Waals surface area contributed by atoms with Crippen LogP contribution in [0.1, 0.15) is 23.7 Å². The predicted molar refractivity (Wildman–Crippen MR) is 122 cm³/mol. The number of fused-ring (bicyclic) bond motifs is 1. The molecular weight excluding hydrogens is 414 g/mol. The van der Waals surface area contributed by atoms with Gasteiger partial charge in [0.15, 0.2) is 0 Å². The number of amides is 1. The van der Waals surface area contributed by atoms with Crippen LogP contribution >= 0.6 is 11.6 Å². The normalized spacial score (nSPS) is 11.3. The number of carbonyl (C=O) groups excluding carboxylic acids is 2. The van der Waals surface area contributed by atoms with Crippen molar-refractivity contribution in [2.45, 2.75) is 27.3 Å². The van der Waals surface area contributed by atoms with Gasteiger partial charge in [0.25, 0.3) is 5.91 Å². The molecular formula is C24H22ClN3O3. The Hall–Kier alpha value is -3.56. The fraction of sp³-hybridized carbons (Fsp3) is 0.208. The van der Waals surface area contributed by atoms with Crippen LogP contribution in [-0.2, 0) is 20.9 Å². The molecule has 0 atom stereocenters. The smallest absolute Gasteiger partial charge is 0.325 e. The van der Waals surface area contributed by atoms with Gasteiger partial charge in [-0.1, -0.05) is 29.8 Å². The molecule has 0 unspecified atom stereocenters. The molecule has 0 bridgehead atoms. The largest absolute Gasteiger partial charge is 0.465 e. The number of aryl methyl sites for hydroxylation is 1. The van der Waals surface area contributed by atoms with Crippen molar-refractivity contribution in [3.05, 3.63) is 69.9 Å². The van der Waals surface area contributed by atoms with Gasteiger partial charge in [0.2, 0.25) is 0 Å². The lowest BCUT2D eigenvalue weighted by atomic mass is 10.1. The topological polar surface area (TPSA) is 84.1 Å². The third-order valence-electron chi connectivity index (χ3n) is 4.96. The van der Waals surface area contributed by atoms with Crippen molar-refractivity contribution < 1.29 is 14.3 Å². The van der Waals surface area contributed by atoms with Gasteiger partial charge in [-0.2, -0.15) is 5.26 Å². The van der Waals surface area contributed by atoms with E-state index in [0.717, 1.165) is 22.2 Å². The Labute approximate surface area is 185 Å². The second kappa shape index (κ2) is 9.50. The first-order valence-corrected chi connectivity index (χ1v) is 10.2. The summed E-state index contributed by atoms with van der Waals surface area (Å²) >= 11 is 5.97. The Balaban J connectivity index is 2.01. The summed E-state index contributed by atoms with van der Waals surface area (Å²) in [5.41, 5.74) is 3.62. The molecule has 31 heavy (non-hydrogen) atoms. The van der Waals surface area contributed by atoms with Crippen LogP contribution < -0.4 is 5.32 Å². The Morgan fingerprint density at radius 3 is 2.65 bits per heavy atom. The van der Waals surface area contributed by atoms with E-state index in [2.05, 4.69) is 5.32 Å². The number of hydrogen-bond acceptors (Lipinski definition) is 4. The third-order valence-corrected chi connectivity index (χ3v) is 5.20. The molecule has 1 heterocycles. The Morgan fingerprint density at radius 2 is 1.97 bits per heavy atom. The number of nitrogens with zero attached hydrogens (tertiary/aromatic N) is 2. The van der Waals surface area contributed by atoms with E-state index in [1.807, 2.05) is 48.7 Å². The van der Waals surface area contributed by atoms with Crippen LogP contribution in [0, 0.1) is 25.2 Å². The van der Waals surface area contributed by atoms with Crippen molar-refractivity contribution in [3.8, 4) is 6.07 Å². The highest BCUT2D eigenvalue weighted by Gasteiger charge is 2.18. The zero-order chi connectivity index (χ0) is 22.5. The second-order valence-electron chi connectivity index (χ2n) is 6.99. The minimum Gasteiger partial charge on any atom is -0.465 e. The Morgan fingerprint density at radius 1 is 1.23 bits per heavy atom. The molecule has 7 heteroatoms. The fourth-order valence-electron chi connectivity index (χ4n) is 3.43. The molecule has 158 valence electrons. The highest BCUT2D eigenvalue weighted by atomic mass is 35.5. The second-order valence-corrected chi connectivity index (χ2v) is 7.43. The minimum absolute atomic E-state index is 0.0449. The van der Waals surface area contributed by atoms with Crippen molar-refractivity contribution in [3.63, 3.8) is 0 Å². The highest BCUT2D eigenvalue weighted by Crippen LogP contribution is 2.28. The Bertz CT molecular complexity index is 1230. The first kappa shape index (κ1) is 22.1. The van der Waals surface area contributed by atoms with Crippen LogP contribution in [0.3, 0.4) is 0 Å². The van der Waals surface area contributed by atoms with Crippen molar-refractivity contribution in [2.24, 2.45) is 0 Å². The number of carbonyl (C=O) groups is 2. The quantitative estimate of drug-likeness (QED) is 0.334. The van der Waals surface area contributed by atoms with E-state index < -0.39 is 5.91 Å². The van der Waals surface area contributed by atoms with Gasteiger partial charge in [-0.25, -0.2) is 0 Å². The molecule has 0 aliphatic carbocycles. The highest BCUT2D eigenvalue weighted by molar-refractivity contribution is 6.30. The van der Waals surface area contributed by atoms with Crippen LogP contribution in [0.15, 0.2) is 48.0 Å². The lowest BCUT2D eigenvalue weighted by Crippen LogP contribution is -2.15. The summed E-state index contributed by atoms with van der Waals surface area (Å²) in [5, 5.41) is 13.8. The molecule has 0 saturated carbocycles.